The van der Waals surface area contributed by atoms with E-state index in [1.807, 2.05) is 6.07 Å². The fourth-order valence-electron chi connectivity index (χ4n) is 1.57. The number of phenols is 1. The molecule has 1 nitrogen and oxygen atoms in total. The quantitative estimate of drug-likeness (QED) is 0.829. The molecule has 0 atom stereocenters. The van der Waals surface area contributed by atoms with Crippen LogP contribution in [0, 0.1) is 0 Å². The lowest BCUT2D eigenvalue weighted by atomic mass is 10.0. The summed E-state index contributed by atoms with van der Waals surface area (Å²) in [6.07, 6.45) is 0.559. The van der Waals surface area contributed by atoms with E-state index >= 15 is 0 Å². The summed E-state index contributed by atoms with van der Waals surface area (Å²) in [6, 6.07) is 10.4. The standard InChI is InChI=1S/C13H9Cl3O/c14-10-2-4-13(17)9(7-10)5-8-1-3-11(15)12(16)6-8/h1-4,6-7,17H,5H2. The van der Waals surface area contributed by atoms with Gasteiger partial charge in [-0.15, -0.1) is 0 Å². The van der Waals surface area contributed by atoms with Gasteiger partial charge in [-0.3, -0.25) is 0 Å². The maximum Gasteiger partial charge on any atom is 0.119 e. The van der Waals surface area contributed by atoms with Crippen LogP contribution >= 0.6 is 34.8 Å². The first kappa shape index (κ1) is 12.6. The average molecular weight is 288 g/mol. The smallest absolute Gasteiger partial charge is 0.119 e. The molecule has 1 N–H and O–H groups in total. The largest absolute Gasteiger partial charge is 0.508 e. The lowest BCUT2D eigenvalue weighted by Crippen LogP contribution is -1.89. The van der Waals surface area contributed by atoms with Crippen molar-refractivity contribution in [2.24, 2.45) is 0 Å². The third-order valence-electron chi connectivity index (χ3n) is 2.42. The van der Waals surface area contributed by atoms with E-state index in [1.165, 1.54) is 0 Å². The van der Waals surface area contributed by atoms with E-state index in [0.29, 0.717) is 21.5 Å². The molecule has 0 radical (unpaired) electrons. The highest BCUT2D eigenvalue weighted by Crippen LogP contribution is 2.27. The molecular formula is C13H9Cl3O. The van der Waals surface area contributed by atoms with Crippen LogP contribution in [0.1, 0.15) is 11.1 Å². The van der Waals surface area contributed by atoms with Crippen LogP contribution in [0.5, 0.6) is 5.75 Å². The molecule has 4 heteroatoms. The van der Waals surface area contributed by atoms with E-state index < -0.39 is 0 Å². The number of halogens is 3. The summed E-state index contributed by atoms with van der Waals surface area (Å²) in [5.41, 5.74) is 1.73. The minimum atomic E-state index is 0.223. The van der Waals surface area contributed by atoms with Crippen molar-refractivity contribution in [1.82, 2.24) is 0 Å². The topological polar surface area (TPSA) is 20.2 Å². The van der Waals surface area contributed by atoms with Gasteiger partial charge in [0.2, 0.25) is 0 Å². The molecule has 2 rings (SSSR count). The molecule has 0 aliphatic carbocycles. The number of hydrogen-bond acceptors (Lipinski definition) is 1. The summed E-state index contributed by atoms with van der Waals surface area (Å²) in [4.78, 5) is 0. The highest BCUT2D eigenvalue weighted by atomic mass is 35.5. The number of benzene rings is 2. The molecule has 0 aromatic heterocycles. The SMILES string of the molecule is Oc1ccc(Cl)cc1Cc1ccc(Cl)c(Cl)c1. The molecule has 0 saturated carbocycles. The Morgan fingerprint density at radius 2 is 1.65 bits per heavy atom. The Morgan fingerprint density at radius 3 is 2.35 bits per heavy atom. The molecular weight excluding hydrogens is 279 g/mol. The average Bonchev–Trinajstić information content (AvgIpc) is 2.29. The van der Waals surface area contributed by atoms with Crippen molar-refractivity contribution in [3.05, 3.63) is 62.6 Å². The van der Waals surface area contributed by atoms with Crippen LogP contribution in [-0.4, -0.2) is 5.11 Å². The number of rotatable bonds is 2. The normalized spacial score (nSPS) is 10.5. The van der Waals surface area contributed by atoms with Crippen LogP contribution in [0.2, 0.25) is 15.1 Å². The van der Waals surface area contributed by atoms with E-state index in [1.54, 1.807) is 30.3 Å². The summed E-state index contributed by atoms with van der Waals surface area (Å²) in [5, 5.41) is 11.3. The summed E-state index contributed by atoms with van der Waals surface area (Å²) >= 11 is 17.6. The molecule has 0 aliphatic rings. The summed E-state index contributed by atoms with van der Waals surface area (Å²) in [5.74, 6) is 0.223. The molecule has 0 saturated heterocycles. The first-order valence-corrected chi connectivity index (χ1v) is 6.11. The second kappa shape index (κ2) is 5.18. The zero-order chi connectivity index (χ0) is 12.4. The molecule has 0 bridgehead atoms. The van der Waals surface area contributed by atoms with Crippen LogP contribution in [-0.2, 0) is 6.42 Å². The van der Waals surface area contributed by atoms with Crippen LogP contribution in [0.25, 0.3) is 0 Å². The monoisotopic (exact) mass is 286 g/mol. The Balaban J connectivity index is 2.31. The van der Waals surface area contributed by atoms with Crippen molar-refractivity contribution < 1.29 is 5.11 Å². The lowest BCUT2D eigenvalue weighted by molar-refractivity contribution is 0.469. The van der Waals surface area contributed by atoms with E-state index in [2.05, 4.69) is 0 Å². The highest BCUT2D eigenvalue weighted by molar-refractivity contribution is 6.42. The molecule has 88 valence electrons. The van der Waals surface area contributed by atoms with Crippen molar-refractivity contribution in [3.63, 3.8) is 0 Å². The van der Waals surface area contributed by atoms with Gasteiger partial charge in [0.05, 0.1) is 10.0 Å². The summed E-state index contributed by atoms with van der Waals surface area (Å²) < 4.78 is 0. The molecule has 17 heavy (non-hydrogen) atoms. The zero-order valence-electron chi connectivity index (χ0n) is 8.75. The van der Waals surface area contributed by atoms with Crippen LogP contribution < -0.4 is 0 Å². The van der Waals surface area contributed by atoms with Gasteiger partial charge in [-0.1, -0.05) is 40.9 Å². The first-order chi connectivity index (χ1) is 8.06. The minimum Gasteiger partial charge on any atom is -0.508 e. The molecule has 0 spiro atoms. The molecule has 0 fully saturated rings. The lowest BCUT2D eigenvalue weighted by Gasteiger charge is -2.06. The molecule has 0 amide bonds. The van der Waals surface area contributed by atoms with E-state index in [4.69, 9.17) is 34.8 Å². The second-order valence-electron chi connectivity index (χ2n) is 3.70. The van der Waals surface area contributed by atoms with E-state index in [0.717, 1.165) is 11.1 Å². The summed E-state index contributed by atoms with van der Waals surface area (Å²) in [6.45, 7) is 0. The third kappa shape index (κ3) is 3.06. The Bertz CT molecular complexity index is 552. The Morgan fingerprint density at radius 1 is 0.882 bits per heavy atom. The number of aromatic hydroxyl groups is 1. The van der Waals surface area contributed by atoms with E-state index in [9.17, 15) is 5.11 Å². The van der Waals surface area contributed by atoms with Crippen molar-refractivity contribution in [2.45, 2.75) is 6.42 Å². The number of phenolic OH excluding ortho intramolecular Hbond substituents is 1. The van der Waals surface area contributed by atoms with Gasteiger partial charge in [-0.05, 0) is 41.5 Å². The van der Waals surface area contributed by atoms with Gasteiger partial charge in [-0.2, -0.15) is 0 Å². The van der Waals surface area contributed by atoms with Crippen LogP contribution in [0.3, 0.4) is 0 Å². The molecule has 0 unspecified atom stereocenters. The van der Waals surface area contributed by atoms with Crippen LogP contribution in [0.4, 0.5) is 0 Å². The van der Waals surface area contributed by atoms with Crippen molar-refractivity contribution in [3.8, 4) is 5.75 Å². The fourth-order valence-corrected chi connectivity index (χ4v) is 2.08. The van der Waals surface area contributed by atoms with Gasteiger partial charge >= 0.3 is 0 Å². The van der Waals surface area contributed by atoms with Crippen molar-refractivity contribution in [1.29, 1.82) is 0 Å². The first-order valence-electron chi connectivity index (χ1n) is 4.97. The third-order valence-corrected chi connectivity index (χ3v) is 3.39. The Kier molecular flexibility index (Phi) is 3.82. The maximum atomic E-state index is 9.70. The predicted molar refractivity (Wildman–Crippen MR) is 72.4 cm³/mol. The predicted octanol–water partition coefficient (Wildman–Crippen LogP) is 4.94. The zero-order valence-corrected chi connectivity index (χ0v) is 11.0. The fraction of sp³-hybridized carbons (Fsp3) is 0.0769. The maximum absolute atomic E-state index is 9.70. The second-order valence-corrected chi connectivity index (χ2v) is 4.95. The van der Waals surface area contributed by atoms with Gasteiger partial charge < -0.3 is 5.11 Å². The molecule has 0 aliphatic heterocycles. The van der Waals surface area contributed by atoms with E-state index in [-0.39, 0.29) is 5.75 Å². The van der Waals surface area contributed by atoms with Gasteiger partial charge in [-0.25, -0.2) is 0 Å². The van der Waals surface area contributed by atoms with Crippen molar-refractivity contribution in [2.75, 3.05) is 0 Å². The van der Waals surface area contributed by atoms with Gasteiger partial charge in [0.1, 0.15) is 5.75 Å². The molecule has 0 heterocycles. The van der Waals surface area contributed by atoms with Gasteiger partial charge in [0.15, 0.2) is 0 Å². The van der Waals surface area contributed by atoms with Gasteiger partial charge in [0, 0.05) is 11.4 Å². The minimum absolute atomic E-state index is 0.223. The Hall–Kier alpha value is -0.890. The Labute approximate surface area is 115 Å². The number of hydrogen-bond donors (Lipinski definition) is 1. The summed E-state index contributed by atoms with van der Waals surface area (Å²) in [7, 11) is 0. The molecule has 2 aromatic carbocycles. The van der Waals surface area contributed by atoms with Crippen LogP contribution in [0.15, 0.2) is 36.4 Å². The highest BCUT2D eigenvalue weighted by Gasteiger charge is 2.05. The van der Waals surface area contributed by atoms with Gasteiger partial charge in [0.25, 0.3) is 0 Å². The van der Waals surface area contributed by atoms with Crippen molar-refractivity contribution >= 4 is 34.8 Å². The molecule has 2 aromatic rings.